The van der Waals surface area contributed by atoms with Crippen molar-refractivity contribution in [2.75, 3.05) is 0 Å². The maximum atomic E-state index is 3.88. The maximum absolute atomic E-state index is 3.88. The zero-order valence-corrected chi connectivity index (χ0v) is 15.0. The molecule has 0 aromatic heterocycles. The molecule has 3 aromatic carbocycles. The Hall–Kier alpha value is -1.12. The van der Waals surface area contributed by atoms with Gasteiger partial charge in [0.1, 0.15) is 0 Å². The second-order valence-electron chi connectivity index (χ2n) is 5.34. The maximum Gasteiger partial charge on any atom is 0.0441 e. The van der Waals surface area contributed by atoms with Crippen LogP contribution >= 0.6 is 31.9 Å². The Morgan fingerprint density at radius 1 is 0.905 bits per heavy atom. The highest BCUT2D eigenvalue weighted by Gasteiger charge is 2.13. The van der Waals surface area contributed by atoms with E-state index in [1.165, 1.54) is 27.5 Å². The molecule has 0 aliphatic carbocycles. The van der Waals surface area contributed by atoms with E-state index in [4.69, 9.17) is 0 Å². The van der Waals surface area contributed by atoms with Crippen LogP contribution in [0.25, 0.3) is 10.8 Å². The van der Waals surface area contributed by atoms with Gasteiger partial charge in [0.25, 0.3) is 0 Å². The van der Waals surface area contributed by atoms with Gasteiger partial charge in [-0.1, -0.05) is 92.0 Å². The Kier molecular flexibility index (Phi) is 4.46. The van der Waals surface area contributed by atoms with Crippen LogP contribution in [0.3, 0.4) is 0 Å². The molecule has 3 aromatic rings. The summed E-state index contributed by atoms with van der Waals surface area (Å²) in [6.45, 7) is 2.14. The van der Waals surface area contributed by atoms with Gasteiger partial charge >= 0.3 is 0 Å². The average molecular weight is 404 g/mol. The summed E-state index contributed by atoms with van der Waals surface area (Å²) >= 11 is 7.52. The molecule has 0 saturated carbocycles. The molecule has 106 valence electrons. The van der Waals surface area contributed by atoms with Crippen molar-refractivity contribution in [3.63, 3.8) is 0 Å². The van der Waals surface area contributed by atoms with Gasteiger partial charge in [-0.3, -0.25) is 0 Å². The third-order valence-corrected chi connectivity index (χ3v) is 5.25. The molecule has 0 bridgehead atoms. The molecular weight excluding hydrogens is 388 g/mol. The van der Waals surface area contributed by atoms with Crippen LogP contribution in [-0.4, -0.2) is 0 Å². The van der Waals surface area contributed by atoms with Crippen LogP contribution < -0.4 is 0 Å². The minimum atomic E-state index is 0.317. The second kappa shape index (κ2) is 6.33. The van der Waals surface area contributed by atoms with Crippen molar-refractivity contribution in [2.45, 2.75) is 18.2 Å². The number of alkyl halides is 1. The predicted octanol–water partition coefficient (Wildman–Crippen LogP) is 6.59. The van der Waals surface area contributed by atoms with Crippen LogP contribution in [0.5, 0.6) is 0 Å². The summed E-state index contributed by atoms with van der Waals surface area (Å²) in [4.78, 5) is 0.317. The molecule has 0 saturated heterocycles. The monoisotopic (exact) mass is 402 g/mol. The van der Waals surface area contributed by atoms with Gasteiger partial charge in [0.15, 0.2) is 0 Å². The average Bonchev–Trinajstić information content (AvgIpc) is 2.48. The number of fused-ring (bicyclic) bond motifs is 1. The molecule has 1 atom stereocenters. The number of aryl methyl sites for hydroxylation is 1. The molecular formula is C19H16Br2. The van der Waals surface area contributed by atoms with Crippen LogP contribution in [0.1, 0.15) is 21.5 Å². The Morgan fingerprint density at radius 3 is 2.43 bits per heavy atom. The van der Waals surface area contributed by atoms with E-state index in [2.05, 4.69) is 99.4 Å². The summed E-state index contributed by atoms with van der Waals surface area (Å²) in [6, 6.07) is 21.6. The summed E-state index contributed by atoms with van der Waals surface area (Å²) < 4.78 is 1.15. The Balaban J connectivity index is 1.98. The number of hydrogen-bond donors (Lipinski definition) is 0. The standard InChI is InChI=1S/C19H16Br2/c1-13-5-4-6-14(11-13)12-19(21)17-9-10-18(20)16-8-3-2-7-15(16)17/h2-11,19H,12H2,1H3. The first-order valence-corrected chi connectivity index (χ1v) is 8.73. The van der Waals surface area contributed by atoms with E-state index in [-0.39, 0.29) is 0 Å². The van der Waals surface area contributed by atoms with Gasteiger partial charge in [0, 0.05) is 9.30 Å². The van der Waals surface area contributed by atoms with Gasteiger partial charge in [0.2, 0.25) is 0 Å². The smallest absolute Gasteiger partial charge is 0.0441 e. The van der Waals surface area contributed by atoms with E-state index >= 15 is 0 Å². The number of benzene rings is 3. The highest BCUT2D eigenvalue weighted by atomic mass is 79.9. The topological polar surface area (TPSA) is 0 Å². The SMILES string of the molecule is Cc1cccc(CC(Br)c2ccc(Br)c3ccccc23)c1. The van der Waals surface area contributed by atoms with Crippen LogP contribution in [-0.2, 0) is 6.42 Å². The lowest BCUT2D eigenvalue weighted by atomic mass is 9.98. The fourth-order valence-corrected chi connectivity index (χ4v) is 3.97. The molecule has 21 heavy (non-hydrogen) atoms. The minimum absolute atomic E-state index is 0.317. The lowest BCUT2D eigenvalue weighted by molar-refractivity contribution is 0.955. The van der Waals surface area contributed by atoms with Gasteiger partial charge < -0.3 is 0 Å². The summed E-state index contributed by atoms with van der Waals surface area (Å²) in [6.07, 6.45) is 0.993. The fourth-order valence-electron chi connectivity index (χ4n) is 2.71. The van der Waals surface area contributed by atoms with E-state index in [1.807, 2.05) is 0 Å². The third kappa shape index (κ3) is 3.22. The summed E-state index contributed by atoms with van der Waals surface area (Å²) in [5, 5.41) is 2.57. The summed E-state index contributed by atoms with van der Waals surface area (Å²) in [7, 11) is 0. The van der Waals surface area contributed by atoms with E-state index in [0.29, 0.717) is 4.83 Å². The predicted molar refractivity (Wildman–Crippen MR) is 98.2 cm³/mol. The first-order chi connectivity index (χ1) is 10.1. The first-order valence-electron chi connectivity index (χ1n) is 7.02. The molecule has 0 fully saturated rings. The number of halogens is 2. The Labute approximate surface area is 142 Å². The van der Waals surface area contributed by atoms with Gasteiger partial charge in [-0.2, -0.15) is 0 Å². The van der Waals surface area contributed by atoms with Crippen LogP contribution in [0.4, 0.5) is 0 Å². The van der Waals surface area contributed by atoms with Crippen molar-refractivity contribution in [1.29, 1.82) is 0 Å². The number of hydrogen-bond acceptors (Lipinski definition) is 0. The molecule has 3 rings (SSSR count). The van der Waals surface area contributed by atoms with Crippen molar-refractivity contribution in [3.8, 4) is 0 Å². The zero-order chi connectivity index (χ0) is 14.8. The van der Waals surface area contributed by atoms with Gasteiger partial charge in [-0.05, 0) is 41.3 Å². The van der Waals surface area contributed by atoms with Gasteiger partial charge in [-0.25, -0.2) is 0 Å². The van der Waals surface area contributed by atoms with Crippen molar-refractivity contribution in [3.05, 3.63) is 81.8 Å². The Morgan fingerprint density at radius 2 is 1.67 bits per heavy atom. The van der Waals surface area contributed by atoms with E-state index in [9.17, 15) is 0 Å². The summed E-state index contributed by atoms with van der Waals surface area (Å²) in [5.74, 6) is 0. The van der Waals surface area contributed by atoms with E-state index in [1.54, 1.807) is 0 Å². The van der Waals surface area contributed by atoms with Crippen LogP contribution in [0.15, 0.2) is 65.1 Å². The van der Waals surface area contributed by atoms with Crippen LogP contribution in [0.2, 0.25) is 0 Å². The third-order valence-electron chi connectivity index (χ3n) is 3.74. The molecule has 0 heterocycles. The van der Waals surface area contributed by atoms with E-state index in [0.717, 1.165) is 10.9 Å². The second-order valence-corrected chi connectivity index (χ2v) is 7.30. The van der Waals surface area contributed by atoms with Crippen molar-refractivity contribution in [2.24, 2.45) is 0 Å². The molecule has 1 unspecified atom stereocenters. The van der Waals surface area contributed by atoms with Crippen LogP contribution in [0, 0.1) is 6.92 Å². The molecule has 0 nitrogen and oxygen atoms in total. The fraction of sp³-hybridized carbons (Fsp3) is 0.158. The largest absolute Gasteiger partial charge is 0.0835 e. The molecule has 2 heteroatoms. The van der Waals surface area contributed by atoms with Crippen molar-refractivity contribution < 1.29 is 0 Å². The molecule has 0 spiro atoms. The van der Waals surface area contributed by atoms with Crippen molar-refractivity contribution in [1.82, 2.24) is 0 Å². The highest BCUT2D eigenvalue weighted by Crippen LogP contribution is 2.35. The van der Waals surface area contributed by atoms with Gasteiger partial charge in [-0.15, -0.1) is 0 Å². The highest BCUT2D eigenvalue weighted by molar-refractivity contribution is 9.10. The van der Waals surface area contributed by atoms with Gasteiger partial charge in [0.05, 0.1) is 0 Å². The summed E-state index contributed by atoms with van der Waals surface area (Å²) in [5.41, 5.74) is 4.02. The molecule has 0 amide bonds. The Bertz CT molecular complexity index is 777. The quantitative estimate of drug-likeness (QED) is 0.432. The first kappa shape index (κ1) is 14.8. The molecule has 0 aliphatic rings. The lowest BCUT2D eigenvalue weighted by Crippen LogP contribution is -1.97. The van der Waals surface area contributed by atoms with E-state index < -0.39 is 0 Å². The van der Waals surface area contributed by atoms with Crippen molar-refractivity contribution >= 4 is 42.6 Å². The zero-order valence-electron chi connectivity index (χ0n) is 11.8. The molecule has 0 aliphatic heterocycles. The minimum Gasteiger partial charge on any atom is -0.0835 e. The molecule has 0 radical (unpaired) electrons. The lowest BCUT2D eigenvalue weighted by Gasteiger charge is -2.14. The molecule has 0 N–H and O–H groups in total. The number of rotatable bonds is 3. The normalized spacial score (nSPS) is 12.5.